The lowest BCUT2D eigenvalue weighted by Gasteiger charge is -1.91. The quantitative estimate of drug-likeness (QED) is 0.775. The summed E-state index contributed by atoms with van der Waals surface area (Å²) >= 11 is 4.91. The van der Waals surface area contributed by atoms with Gasteiger partial charge in [0.2, 0.25) is 5.88 Å². The molecule has 0 saturated carbocycles. The minimum Gasteiger partial charge on any atom is -0.493 e. The Morgan fingerprint density at radius 2 is 2.25 bits per heavy atom. The second kappa shape index (κ2) is 2.67. The van der Waals surface area contributed by atoms with Gasteiger partial charge >= 0.3 is 0 Å². The number of halogens is 1. The lowest BCUT2D eigenvalue weighted by molar-refractivity contribution is 0.459. The van der Waals surface area contributed by atoms with Gasteiger partial charge in [0.25, 0.3) is 0 Å². The minimum atomic E-state index is 0.0382. The summed E-state index contributed by atoms with van der Waals surface area (Å²) in [5, 5.41) is 10.1. The molecule has 0 aliphatic heterocycles. The van der Waals surface area contributed by atoms with Crippen molar-refractivity contribution in [3.63, 3.8) is 0 Å². The molecule has 0 unspecified atom stereocenters. The molecule has 0 aliphatic rings. The van der Waals surface area contributed by atoms with Crippen LogP contribution in [0.25, 0.3) is 10.2 Å². The number of nitrogens with zero attached hydrogens (tertiary/aromatic N) is 2. The third-order valence-corrected chi connectivity index (χ3v) is 3.84. The molecule has 2 aromatic heterocycles. The van der Waals surface area contributed by atoms with Crippen LogP contribution in [0.3, 0.4) is 0 Å². The Labute approximate surface area is 81.2 Å². The Morgan fingerprint density at radius 1 is 1.50 bits per heavy atom. The number of aromatic hydroxyl groups is 1. The van der Waals surface area contributed by atoms with Gasteiger partial charge in [-0.25, -0.2) is 9.97 Å². The van der Waals surface area contributed by atoms with E-state index in [1.54, 1.807) is 0 Å². The van der Waals surface area contributed by atoms with E-state index < -0.39 is 0 Å². The molecule has 3 nitrogen and oxygen atoms in total. The summed E-state index contributed by atoms with van der Waals surface area (Å²) in [6.07, 6.45) is 1.36. The first-order chi connectivity index (χ1) is 5.70. The number of hydrogen-bond acceptors (Lipinski definition) is 4. The van der Waals surface area contributed by atoms with E-state index >= 15 is 0 Å². The largest absolute Gasteiger partial charge is 0.493 e. The molecule has 0 bridgehead atoms. The van der Waals surface area contributed by atoms with Crippen LogP contribution in [0.5, 0.6) is 5.88 Å². The van der Waals surface area contributed by atoms with Crippen molar-refractivity contribution in [3.8, 4) is 5.88 Å². The van der Waals surface area contributed by atoms with E-state index in [9.17, 15) is 5.11 Å². The van der Waals surface area contributed by atoms with Crippen LogP contribution in [-0.2, 0) is 0 Å². The van der Waals surface area contributed by atoms with E-state index in [0.717, 1.165) is 14.2 Å². The van der Waals surface area contributed by atoms with Crippen LogP contribution in [0.15, 0.2) is 10.8 Å². The molecule has 2 heterocycles. The van der Waals surface area contributed by atoms with E-state index in [1.165, 1.54) is 17.7 Å². The molecule has 0 saturated heterocycles. The molecule has 0 fully saturated rings. The Morgan fingerprint density at radius 3 is 2.92 bits per heavy atom. The van der Waals surface area contributed by atoms with Crippen molar-refractivity contribution in [2.45, 2.75) is 6.92 Å². The highest BCUT2D eigenvalue weighted by Crippen LogP contribution is 2.37. The number of thiophene rings is 1. The van der Waals surface area contributed by atoms with E-state index in [-0.39, 0.29) is 5.88 Å². The third-order valence-electron chi connectivity index (χ3n) is 1.57. The van der Waals surface area contributed by atoms with Gasteiger partial charge in [0.05, 0.1) is 5.39 Å². The topological polar surface area (TPSA) is 46.0 Å². The van der Waals surface area contributed by atoms with Gasteiger partial charge in [0, 0.05) is 9.35 Å². The highest BCUT2D eigenvalue weighted by molar-refractivity contribution is 9.10. The molecule has 2 aromatic rings. The fourth-order valence-corrected chi connectivity index (χ4v) is 2.61. The Bertz CT molecular complexity index is 440. The van der Waals surface area contributed by atoms with Gasteiger partial charge in [-0.3, -0.25) is 0 Å². The number of aromatic nitrogens is 2. The van der Waals surface area contributed by atoms with Gasteiger partial charge in [-0.15, -0.1) is 11.3 Å². The number of fused-ring (bicyclic) bond motifs is 1. The van der Waals surface area contributed by atoms with Gasteiger partial charge in [0.15, 0.2) is 0 Å². The standard InChI is InChI=1S/C7H5BrN2OS/c1-3-5(8)4-6(11)9-2-10-7(4)12-3/h2H,1H3,(H,9,10,11). The first kappa shape index (κ1) is 7.94. The van der Waals surface area contributed by atoms with Gasteiger partial charge in [0.1, 0.15) is 11.2 Å². The van der Waals surface area contributed by atoms with Crippen LogP contribution in [0, 0.1) is 6.92 Å². The van der Waals surface area contributed by atoms with E-state index in [0.29, 0.717) is 5.39 Å². The molecular formula is C7H5BrN2OS. The minimum absolute atomic E-state index is 0.0382. The summed E-state index contributed by atoms with van der Waals surface area (Å²) in [5.41, 5.74) is 0. The predicted octanol–water partition coefficient (Wildman–Crippen LogP) is 2.47. The second-order valence-corrected chi connectivity index (χ2v) is 4.35. The van der Waals surface area contributed by atoms with Crippen LogP contribution in [0.4, 0.5) is 0 Å². The Hall–Kier alpha value is -0.680. The maximum absolute atomic E-state index is 9.39. The first-order valence-electron chi connectivity index (χ1n) is 3.28. The molecule has 0 amide bonds. The smallest absolute Gasteiger partial charge is 0.224 e. The maximum Gasteiger partial charge on any atom is 0.224 e. The monoisotopic (exact) mass is 244 g/mol. The summed E-state index contributed by atoms with van der Waals surface area (Å²) in [5.74, 6) is 0.0382. The zero-order valence-corrected chi connectivity index (χ0v) is 8.61. The SMILES string of the molecule is Cc1sc2ncnc(O)c2c1Br. The van der Waals surface area contributed by atoms with Crippen LogP contribution in [0.1, 0.15) is 4.88 Å². The second-order valence-electron chi connectivity index (χ2n) is 2.35. The summed E-state index contributed by atoms with van der Waals surface area (Å²) < 4.78 is 0.889. The van der Waals surface area contributed by atoms with E-state index in [2.05, 4.69) is 25.9 Å². The van der Waals surface area contributed by atoms with Crippen molar-refractivity contribution in [2.24, 2.45) is 0 Å². The number of aryl methyl sites for hydroxylation is 1. The molecule has 0 atom stereocenters. The molecule has 0 aromatic carbocycles. The molecule has 1 N–H and O–H groups in total. The Kier molecular flexibility index (Phi) is 1.77. The molecule has 2 rings (SSSR count). The molecule has 5 heteroatoms. The van der Waals surface area contributed by atoms with Crippen LogP contribution < -0.4 is 0 Å². The third kappa shape index (κ3) is 1.01. The van der Waals surface area contributed by atoms with Gasteiger partial charge in [-0.1, -0.05) is 0 Å². The lowest BCUT2D eigenvalue weighted by Crippen LogP contribution is -1.77. The van der Waals surface area contributed by atoms with Gasteiger partial charge in [-0.05, 0) is 22.9 Å². The molecule has 0 aliphatic carbocycles. The van der Waals surface area contributed by atoms with Crippen LogP contribution in [-0.4, -0.2) is 15.1 Å². The van der Waals surface area contributed by atoms with Crippen molar-refractivity contribution in [3.05, 3.63) is 15.7 Å². The van der Waals surface area contributed by atoms with Gasteiger partial charge in [-0.2, -0.15) is 0 Å². The van der Waals surface area contributed by atoms with E-state index in [4.69, 9.17) is 0 Å². The van der Waals surface area contributed by atoms with Crippen molar-refractivity contribution in [1.82, 2.24) is 9.97 Å². The lowest BCUT2D eigenvalue weighted by atomic mass is 10.4. The van der Waals surface area contributed by atoms with Crippen molar-refractivity contribution < 1.29 is 5.11 Å². The summed E-state index contributed by atoms with van der Waals surface area (Å²) in [6.45, 7) is 1.97. The predicted molar refractivity (Wildman–Crippen MR) is 51.5 cm³/mol. The normalized spacial score (nSPS) is 10.8. The van der Waals surface area contributed by atoms with Crippen molar-refractivity contribution >= 4 is 37.5 Å². The summed E-state index contributed by atoms with van der Waals surface area (Å²) in [6, 6.07) is 0. The highest BCUT2D eigenvalue weighted by atomic mass is 79.9. The zero-order valence-electron chi connectivity index (χ0n) is 6.21. The Balaban J connectivity index is 2.97. The zero-order chi connectivity index (χ0) is 8.72. The van der Waals surface area contributed by atoms with Gasteiger partial charge < -0.3 is 5.11 Å². The van der Waals surface area contributed by atoms with Crippen molar-refractivity contribution in [1.29, 1.82) is 0 Å². The van der Waals surface area contributed by atoms with E-state index in [1.807, 2.05) is 6.92 Å². The summed E-state index contributed by atoms with van der Waals surface area (Å²) in [4.78, 5) is 9.65. The number of hydrogen-bond donors (Lipinski definition) is 1. The van der Waals surface area contributed by atoms with Crippen LogP contribution >= 0.6 is 27.3 Å². The number of rotatable bonds is 0. The first-order valence-corrected chi connectivity index (χ1v) is 4.89. The molecule has 0 spiro atoms. The molecule has 12 heavy (non-hydrogen) atoms. The molecule has 62 valence electrons. The van der Waals surface area contributed by atoms with Crippen LogP contribution in [0.2, 0.25) is 0 Å². The molecule has 0 radical (unpaired) electrons. The molecular weight excluding hydrogens is 240 g/mol. The fraction of sp³-hybridized carbons (Fsp3) is 0.143. The maximum atomic E-state index is 9.39. The average Bonchev–Trinajstić information content (AvgIpc) is 2.29. The highest BCUT2D eigenvalue weighted by Gasteiger charge is 2.11. The fourth-order valence-electron chi connectivity index (χ4n) is 0.996. The van der Waals surface area contributed by atoms with Crippen molar-refractivity contribution in [2.75, 3.05) is 0 Å². The summed E-state index contributed by atoms with van der Waals surface area (Å²) in [7, 11) is 0. The average molecular weight is 245 g/mol.